The summed E-state index contributed by atoms with van der Waals surface area (Å²) in [6, 6.07) is 0. The van der Waals surface area contributed by atoms with E-state index in [1.807, 2.05) is 0 Å². The van der Waals surface area contributed by atoms with Crippen molar-refractivity contribution >= 4 is 18.1 Å². The molecule has 1 atom stereocenters. The first-order valence-electron chi connectivity index (χ1n) is 8.51. The summed E-state index contributed by atoms with van der Waals surface area (Å²) < 4.78 is 12.7. The molecular weight excluding hydrogens is 308 g/mol. The molecule has 0 bridgehead atoms. The Hall–Kier alpha value is 0.314. The number of hydrogen-bond acceptors (Lipinski definition) is 3. The Morgan fingerprint density at radius 3 is 1.86 bits per heavy atom. The predicted octanol–water partition coefficient (Wildman–Crippen LogP) is 4.10. The van der Waals surface area contributed by atoms with Crippen molar-refractivity contribution in [1.82, 2.24) is 0 Å². The van der Waals surface area contributed by atoms with Crippen LogP contribution in [-0.2, 0) is 8.85 Å². The van der Waals surface area contributed by atoms with Crippen molar-refractivity contribution in [3.8, 4) is 0 Å². The Morgan fingerprint density at radius 1 is 1.00 bits per heavy atom. The van der Waals surface area contributed by atoms with Crippen LogP contribution in [0.15, 0.2) is 0 Å². The van der Waals surface area contributed by atoms with Crippen molar-refractivity contribution in [2.75, 3.05) is 13.2 Å². The number of aliphatic hydroxyl groups excluding tert-OH is 1. The highest BCUT2D eigenvalue weighted by molar-refractivity contribution is 6.74. The van der Waals surface area contributed by atoms with Crippen molar-refractivity contribution in [3.63, 3.8) is 0 Å². The fraction of sp³-hybridized carbons (Fsp3) is 1.00. The van der Waals surface area contributed by atoms with Gasteiger partial charge in [0.15, 0.2) is 18.1 Å². The first-order valence-corrected chi connectivity index (χ1v) is 12.7. The largest absolute Gasteiger partial charge is 0.418 e. The summed E-state index contributed by atoms with van der Waals surface area (Å²) in [6.45, 7) is 23.2. The molecule has 0 aromatic carbocycles. The average Bonchev–Trinajstić information content (AvgIpc) is 2.29. The standard InChI is InChI=1S/C17H40O3Si2/c1-15(2,3)21-20-17(7,8)14(11-12-18)13-19-22(9,10)16(4,5)6/h14,18H,11-13,21H2,1-10H3. The monoisotopic (exact) mass is 348 g/mol. The first-order chi connectivity index (χ1) is 9.62. The molecule has 0 saturated heterocycles. The van der Waals surface area contributed by atoms with Crippen molar-refractivity contribution < 1.29 is 14.0 Å². The maximum Gasteiger partial charge on any atom is 0.191 e. The molecule has 0 fully saturated rings. The second kappa shape index (κ2) is 7.92. The fourth-order valence-electron chi connectivity index (χ4n) is 1.83. The maximum absolute atomic E-state index is 9.43. The number of rotatable bonds is 8. The molecule has 0 heterocycles. The van der Waals surface area contributed by atoms with E-state index in [1.165, 1.54) is 0 Å². The SMILES string of the molecule is CC(C)(C)[SiH2]OC(C)(C)C(CCO)CO[Si](C)(C)C(C)(C)C. The Balaban J connectivity index is 4.84. The van der Waals surface area contributed by atoms with Gasteiger partial charge >= 0.3 is 0 Å². The molecule has 0 aliphatic rings. The van der Waals surface area contributed by atoms with Crippen molar-refractivity contribution in [2.24, 2.45) is 5.92 Å². The Labute approximate surface area is 142 Å². The van der Waals surface area contributed by atoms with E-state index >= 15 is 0 Å². The van der Waals surface area contributed by atoms with Gasteiger partial charge < -0.3 is 14.0 Å². The van der Waals surface area contributed by atoms with Gasteiger partial charge in [0.25, 0.3) is 0 Å². The summed E-state index contributed by atoms with van der Waals surface area (Å²) in [5.41, 5.74) is -0.232. The Morgan fingerprint density at radius 2 is 1.50 bits per heavy atom. The molecule has 0 saturated carbocycles. The van der Waals surface area contributed by atoms with E-state index in [9.17, 15) is 5.11 Å². The number of hydrogen-bond donors (Lipinski definition) is 1. The van der Waals surface area contributed by atoms with E-state index in [2.05, 4.69) is 68.5 Å². The highest BCUT2D eigenvalue weighted by atomic mass is 28.4. The van der Waals surface area contributed by atoms with E-state index in [0.29, 0.717) is 6.61 Å². The van der Waals surface area contributed by atoms with E-state index < -0.39 is 18.1 Å². The first kappa shape index (κ1) is 22.3. The molecule has 0 amide bonds. The number of aliphatic hydroxyl groups is 1. The van der Waals surface area contributed by atoms with Gasteiger partial charge in [0.1, 0.15) is 0 Å². The lowest BCUT2D eigenvalue weighted by Gasteiger charge is -2.41. The smallest absolute Gasteiger partial charge is 0.191 e. The van der Waals surface area contributed by atoms with Gasteiger partial charge in [-0.3, -0.25) is 0 Å². The summed E-state index contributed by atoms with van der Waals surface area (Å²) in [5.74, 6) is 0.237. The summed E-state index contributed by atoms with van der Waals surface area (Å²) in [6.07, 6.45) is 0.736. The lowest BCUT2D eigenvalue weighted by molar-refractivity contribution is 0.00444. The molecule has 1 N–H and O–H groups in total. The molecule has 0 aliphatic carbocycles. The second-order valence-corrected chi connectivity index (χ2v) is 17.2. The molecular formula is C17H40O3Si2. The molecule has 1 unspecified atom stereocenters. The zero-order valence-corrected chi connectivity index (χ0v) is 19.1. The van der Waals surface area contributed by atoms with E-state index in [0.717, 1.165) is 6.42 Å². The zero-order valence-electron chi connectivity index (χ0n) is 16.7. The quantitative estimate of drug-likeness (QED) is 0.671. The lowest BCUT2D eigenvalue weighted by Crippen LogP contribution is -2.46. The van der Waals surface area contributed by atoms with Crippen molar-refractivity contribution in [2.45, 2.75) is 90.6 Å². The van der Waals surface area contributed by atoms with Crippen LogP contribution in [0.3, 0.4) is 0 Å². The highest BCUT2D eigenvalue weighted by Gasteiger charge is 2.39. The minimum absolute atomic E-state index is 0.190. The van der Waals surface area contributed by atoms with Gasteiger partial charge in [0.2, 0.25) is 0 Å². The van der Waals surface area contributed by atoms with Gasteiger partial charge in [-0.2, -0.15) is 0 Å². The Bertz CT molecular complexity index is 328. The van der Waals surface area contributed by atoms with Crippen LogP contribution in [-0.4, -0.2) is 42.0 Å². The zero-order chi connectivity index (χ0) is 17.8. The van der Waals surface area contributed by atoms with Crippen molar-refractivity contribution in [1.29, 1.82) is 0 Å². The van der Waals surface area contributed by atoms with Crippen LogP contribution in [0.5, 0.6) is 0 Å². The van der Waals surface area contributed by atoms with Gasteiger partial charge in [-0.25, -0.2) is 0 Å². The van der Waals surface area contributed by atoms with E-state index in [-0.39, 0.29) is 28.2 Å². The highest BCUT2D eigenvalue weighted by Crippen LogP contribution is 2.38. The van der Waals surface area contributed by atoms with E-state index in [4.69, 9.17) is 8.85 Å². The molecule has 134 valence electrons. The topological polar surface area (TPSA) is 38.7 Å². The van der Waals surface area contributed by atoms with Gasteiger partial charge in [0.05, 0.1) is 5.60 Å². The molecule has 5 heteroatoms. The van der Waals surface area contributed by atoms with E-state index in [1.54, 1.807) is 0 Å². The molecule has 0 radical (unpaired) electrons. The van der Waals surface area contributed by atoms with Crippen LogP contribution >= 0.6 is 0 Å². The van der Waals surface area contributed by atoms with Gasteiger partial charge in [-0.1, -0.05) is 41.5 Å². The third-order valence-electron chi connectivity index (χ3n) is 4.79. The molecule has 0 aliphatic heterocycles. The van der Waals surface area contributed by atoms with Crippen LogP contribution in [0, 0.1) is 5.92 Å². The normalized spacial score (nSPS) is 16.5. The summed E-state index contributed by atoms with van der Waals surface area (Å²) >= 11 is 0. The second-order valence-electron chi connectivity index (χ2n) is 9.73. The van der Waals surface area contributed by atoms with Gasteiger partial charge in [-0.15, -0.1) is 0 Å². The van der Waals surface area contributed by atoms with Crippen LogP contribution in [0.4, 0.5) is 0 Å². The molecule has 3 nitrogen and oxygen atoms in total. The van der Waals surface area contributed by atoms with Gasteiger partial charge in [-0.05, 0) is 43.4 Å². The minimum Gasteiger partial charge on any atom is -0.418 e. The summed E-state index contributed by atoms with van der Waals surface area (Å²) in [7, 11) is -2.38. The lowest BCUT2D eigenvalue weighted by atomic mass is 9.89. The molecule has 0 aromatic heterocycles. The third kappa shape index (κ3) is 7.73. The molecule has 0 spiro atoms. The predicted molar refractivity (Wildman–Crippen MR) is 102 cm³/mol. The summed E-state index contributed by atoms with van der Waals surface area (Å²) in [5, 5.41) is 9.92. The summed E-state index contributed by atoms with van der Waals surface area (Å²) in [4.78, 5) is 0. The molecule has 22 heavy (non-hydrogen) atoms. The molecule has 0 aromatic rings. The van der Waals surface area contributed by atoms with Crippen molar-refractivity contribution in [3.05, 3.63) is 0 Å². The molecule has 0 rings (SSSR count). The fourth-order valence-corrected chi connectivity index (χ4v) is 3.92. The van der Waals surface area contributed by atoms with Gasteiger partial charge in [0, 0.05) is 19.1 Å². The third-order valence-corrected chi connectivity index (χ3v) is 11.0. The van der Waals surface area contributed by atoms with Crippen LogP contribution in [0.2, 0.25) is 23.2 Å². The Kier molecular flexibility index (Phi) is 8.04. The minimum atomic E-state index is -1.76. The van der Waals surface area contributed by atoms with Crippen LogP contribution in [0.25, 0.3) is 0 Å². The average molecular weight is 349 g/mol. The van der Waals surface area contributed by atoms with Crippen LogP contribution in [0.1, 0.15) is 61.8 Å². The van der Waals surface area contributed by atoms with Crippen LogP contribution < -0.4 is 0 Å². The maximum atomic E-state index is 9.43.